The molecule has 2 aromatic carbocycles. The Bertz CT molecular complexity index is 1170. The van der Waals surface area contributed by atoms with Crippen molar-refractivity contribution in [2.24, 2.45) is 11.8 Å². The predicted molar refractivity (Wildman–Crippen MR) is 145 cm³/mol. The van der Waals surface area contributed by atoms with E-state index in [-0.39, 0.29) is 12.3 Å². The maximum absolute atomic E-state index is 11.6. The minimum absolute atomic E-state index is 0.0988. The predicted octanol–water partition coefficient (Wildman–Crippen LogP) is 5.57. The number of methoxy groups -OCH3 is 1. The summed E-state index contributed by atoms with van der Waals surface area (Å²) in [7, 11) is 1.63. The molecular formula is C29H36N2O4S. The summed E-state index contributed by atoms with van der Waals surface area (Å²) in [5.74, 6) is 1.37. The standard InChI is InChI=1S/C29H36N2O4S/c1-20-4-3-5-24(16-20)36-15-14-31-13-11-21(22(19-31)17-29(33)34)6-9-28(32)25-10-12-30-27-8-7-23(35-2)18-26(25)27/h3-5,7-8,10,12,16,18,21-22,28,32H,6,9,11,13-15,17,19H2,1-2H3,(H,33,34)/t21-,22+,28+/m1/s1. The van der Waals surface area contributed by atoms with Crippen molar-refractivity contribution >= 4 is 28.6 Å². The number of carbonyl (C=O) groups is 1. The highest BCUT2D eigenvalue weighted by molar-refractivity contribution is 7.99. The van der Waals surface area contributed by atoms with Gasteiger partial charge in [-0.3, -0.25) is 9.78 Å². The van der Waals surface area contributed by atoms with Crippen molar-refractivity contribution in [3.8, 4) is 5.75 Å². The first-order valence-electron chi connectivity index (χ1n) is 12.7. The van der Waals surface area contributed by atoms with E-state index in [1.807, 2.05) is 36.0 Å². The van der Waals surface area contributed by atoms with Crippen LogP contribution in [-0.2, 0) is 4.79 Å². The summed E-state index contributed by atoms with van der Waals surface area (Å²) in [6.45, 7) is 4.84. The number of benzene rings is 2. The van der Waals surface area contributed by atoms with Crippen LogP contribution in [0.5, 0.6) is 5.75 Å². The molecule has 0 radical (unpaired) electrons. The van der Waals surface area contributed by atoms with E-state index in [1.54, 1.807) is 13.3 Å². The molecule has 1 saturated heterocycles. The Balaban J connectivity index is 1.34. The lowest BCUT2D eigenvalue weighted by Gasteiger charge is -2.38. The van der Waals surface area contributed by atoms with E-state index >= 15 is 0 Å². The fraction of sp³-hybridized carbons (Fsp3) is 0.448. The third kappa shape index (κ3) is 6.99. The molecule has 0 bridgehead atoms. The van der Waals surface area contributed by atoms with E-state index in [2.05, 4.69) is 41.1 Å². The average Bonchev–Trinajstić information content (AvgIpc) is 2.87. The van der Waals surface area contributed by atoms with Crippen molar-refractivity contribution in [1.29, 1.82) is 0 Å². The van der Waals surface area contributed by atoms with Gasteiger partial charge in [-0.05, 0) is 86.5 Å². The molecule has 0 saturated carbocycles. The number of aliphatic carboxylic acids is 1. The number of aliphatic hydroxyl groups excluding tert-OH is 1. The molecule has 36 heavy (non-hydrogen) atoms. The Morgan fingerprint density at radius 2 is 2.08 bits per heavy atom. The van der Waals surface area contributed by atoms with Gasteiger partial charge in [0.25, 0.3) is 0 Å². The van der Waals surface area contributed by atoms with E-state index in [0.717, 1.165) is 60.4 Å². The van der Waals surface area contributed by atoms with Crippen LogP contribution >= 0.6 is 11.8 Å². The molecule has 1 aliphatic heterocycles. The van der Waals surface area contributed by atoms with Crippen LogP contribution in [0.3, 0.4) is 0 Å². The molecule has 7 heteroatoms. The molecule has 2 heterocycles. The molecule has 0 unspecified atom stereocenters. The fourth-order valence-electron chi connectivity index (χ4n) is 5.28. The summed E-state index contributed by atoms with van der Waals surface area (Å²) in [6, 6.07) is 16.1. The van der Waals surface area contributed by atoms with Crippen LogP contribution in [-0.4, -0.2) is 58.6 Å². The second-order valence-corrected chi connectivity index (χ2v) is 10.9. The average molecular weight is 509 g/mol. The highest BCUT2D eigenvalue weighted by Gasteiger charge is 2.31. The Morgan fingerprint density at radius 1 is 1.22 bits per heavy atom. The molecule has 0 aliphatic carbocycles. The second-order valence-electron chi connectivity index (χ2n) is 9.75. The Kier molecular flexibility index (Phi) is 9.24. The number of carboxylic acid groups (broad SMARTS) is 1. The second kappa shape index (κ2) is 12.6. The van der Waals surface area contributed by atoms with E-state index < -0.39 is 12.1 Å². The zero-order chi connectivity index (χ0) is 25.5. The van der Waals surface area contributed by atoms with Crippen LogP contribution < -0.4 is 4.74 Å². The first-order chi connectivity index (χ1) is 17.4. The van der Waals surface area contributed by atoms with E-state index in [9.17, 15) is 15.0 Å². The van der Waals surface area contributed by atoms with E-state index in [4.69, 9.17) is 4.74 Å². The maximum Gasteiger partial charge on any atom is 0.303 e. The lowest BCUT2D eigenvalue weighted by Crippen LogP contribution is -2.42. The molecule has 3 aromatic rings. The molecular weight excluding hydrogens is 472 g/mol. The van der Waals surface area contributed by atoms with Crippen molar-refractivity contribution in [2.75, 3.05) is 32.5 Å². The number of fused-ring (bicyclic) bond motifs is 1. The largest absolute Gasteiger partial charge is 0.497 e. The van der Waals surface area contributed by atoms with E-state index in [0.29, 0.717) is 12.3 Å². The third-order valence-corrected chi connectivity index (χ3v) is 8.20. The van der Waals surface area contributed by atoms with Crippen molar-refractivity contribution in [2.45, 2.75) is 43.6 Å². The number of carboxylic acids is 1. The number of piperidine rings is 1. The van der Waals surface area contributed by atoms with Gasteiger partial charge in [-0.1, -0.05) is 17.7 Å². The van der Waals surface area contributed by atoms with Crippen LogP contribution in [0.15, 0.2) is 59.6 Å². The van der Waals surface area contributed by atoms with Crippen molar-refractivity contribution in [1.82, 2.24) is 9.88 Å². The number of aliphatic hydroxyl groups is 1. The number of likely N-dealkylation sites (tertiary alicyclic amines) is 1. The molecule has 4 rings (SSSR count). The molecule has 0 spiro atoms. The number of aryl methyl sites for hydroxylation is 1. The van der Waals surface area contributed by atoms with Crippen LogP contribution in [0.2, 0.25) is 0 Å². The number of hydrogen-bond donors (Lipinski definition) is 2. The smallest absolute Gasteiger partial charge is 0.303 e. The van der Waals surface area contributed by atoms with Gasteiger partial charge in [0.1, 0.15) is 5.75 Å². The summed E-state index contributed by atoms with van der Waals surface area (Å²) < 4.78 is 5.36. The molecule has 3 atom stereocenters. The number of aromatic nitrogens is 1. The van der Waals surface area contributed by atoms with Crippen molar-refractivity contribution in [3.63, 3.8) is 0 Å². The molecule has 2 N–H and O–H groups in total. The molecule has 192 valence electrons. The van der Waals surface area contributed by atoms with Gasteiger partial charge in [-0.2, -0.15) is 0 Å². The van der Waals surface area contributed by atoms with Gasteiger partial charge in [0.15, 0.2) is 0 Å². The third-order valence-electron chi connectivity index (χ3n) is 7.23. The zero-order valence-corrected chi connectivity index (χ0v) is 21.9. The molecule has 6 nitrogen and oxygen atoms in total. The lowest BCUT2D eigenvalue weighted by atomic mass is 9.79. The minimum atomic E-state index is -0.742. The van der Waals surface area contributed by atoms with Crippen LogP contribution in [0.1, 0.15) is 42.9 Å². The van der Waals surface area contributed by atoms with Crippen LogP contribution in [0.25, 0.3) is 10.9 Å². The fourth-order valence-corrected chi connectivity index (χ4v) is 6.31. The van der Waals surface area contributed by atoms with Crippen molar-refractivity contribution in [3.05, 3.63) is 65.9 Å². The SMILES string of the molecule is COc1ccc2nccc([C@@H](O)CC[C@@H]3CCN(CCSc4cccc(C)c4)C[C@@H]3CC(=O)O)c2c1. The lowest BCUT2D eigenvalue weighted by molar-refractivity contribution is -0.139. The summed E-state index contributed by atoms with van der Waals surface area (Å²) in [4.78, 5) is 19.7. The number of pyridine rings is 1. The number of ether oxygens (including phenoxy) is 1. The van der Waals surface area contributed by atoms with Gasteiger partial charge >= 0.3 is 5.97 Å². The molecule has 1 aromatic heterocycles. The summed E-state index contributed by atoms with van der Waals surface area (Å²) in [6.07, 6.45) is 3.65. The van der Waals surface area contributed by atoms with Gasteiger partial charge < -0.3 is 19.8 Å². The number of nitrogens with zero attached hydrogens (tertiary/aromatic N) is 2. The first kappa shape index (κ1) is 26.5. The number of rotatable bonds is 11. The number of thioether (sulfide) groups is 1. The highest BCUT2D eigenvalue weighted by atomic mass is 32.2. The summed E-state index contributed by atoms with van der Waals surface area (Å²) in [5, 5.41) is 21.5. The Labute approximate surface area is 217 Å². The first-order valence-corrected chi connectivity index (χ1v) is 13.7. The summed E-state index contributed by atoms with van der Waals surface area (Å²) in [5.41, 5.74) is 2.94. The topological polar surface area (TPSA) is 82.9 Å². The van der Waals surface area contributed by atoms with Gasteiger partial charge in [0.05, 0.1) is 18.7 Å². The zero-order valence-electron chi connectivity index (χ0n) is 21.1. The highest BCUT2D eigenvalue weighted by Crippen LogP contribution is 2.35. The number of hydrogen-bond acceptors (Lipinski definition) is 6. The molecule has 0 amide bonds. The monoisotopic (exact) mass is 508 g/mol. The van der Waals surface area contributed by atoms with Crippen LogP contribution in [0, 0.1) is 18.8 Å². The van der Waals surface area contributed by atoms with Gasteiger partial charge in [-0.25, -0.2) is 0 Å². The van der Waals surface area contributed by atoms with Gasteiger partial charge in [0.2, 0.25) is 0 Å². The van der Waals surface area contributed by atoms with Gasteiger partial charge in [-0.15, -0.1) is 11.8 Å². The minimum Gasteiger partial charge on any atom is -0.497 e. The quantitative estimate of drug-likeness (QED) is 0.328. The van der Waals surface area contributed by atoms with Crippen molar-refractivity contribution < 1.29 is 19.7 Å². The van der Waals surface area contributed by atoms with Gasteiger partial charge in [0, 0.05) is 41.7 Å². The normalized spacial score (nSPS) is 19.3. The molecule has 1 fully saturated rings. The van der Waals surface area contributed by atoms with E-state index in [1.165, 1.54) is 10.5 Å². The maximum atomic E-state index is 11.6. The Morgan fingerprint density at radius 3 is 2.86 bits per heavy atom. The Hall–Kier alpha value is -2.61. The van der Waals surface area contributed by atoms with Crippen LogP contribution in [0.4, 0.5) is 0 Å². The molecule has 1 aliphatic rings. The summed E-state index contributed by atoms with van der Waals surface area (Å²) >= 11 is 1.85.